The molecule has 3 fully saturated rings. The van der Waals surface area contributed by atoms with E-state index in [1.165, 1.54) is 0 Å². The van der Waals surface area contributed by atoms with Crippen LogP contribution in [0.25, 0.3) is 10.8 Å². The quantitative estimate of drug-likeness (QED) is 0.482. The highest BCUT2D eigenvalue weighted by Gasteiger charge is 2.55. The highest BCUT2D eigenvalue weighted by molar-refractivity contribution is 6.34. The predicted octanol–water partition coefficient (Wildman–Crippen LogP) is 4.91. The number of carbonyl (C=O) groups excluding carboxylic acids is 1. The van der Waals surface area contributed by atoms with Crippen LogP contribution in [-0.4, -0.2) is 71.9 Å². The molecule has 3 aliphatic rings. The van der Waals surface area contributed by atoms with Gasteiger partial charge in [-0.3, -0.25) is 14.7 Å². The molecule has 9 heteroatoms. The topological polar surface area (TPSA) is 70.6 Å². The number of ether oxygens (including phenoxy) is 1. The predicted molar refractivity (Wildman–Crippen MR) is 148 cm³/mol. The van der Waals surface area contributed by atoms with Crippen LogP contribution in [0.15, 0.2) is 48.8 Å². The van der Waals surface area contributed by atoms with Gasteiger partial charge in [-0.2, -0.15) is 0 Å². The van der Waals surface area contributed by atoms with Gasteiger partial charge in [0.2, 0.25) is 5.91 Å². The largest absolute Gasteiger partial charge is 0.376 e. The number of rotatable bonds is 6. The lowest BCUT2D eigenvalue weighted by Gasteiger charge is -2.44. The minimum atomic E-state index is -0.970. The standard InChI is InChI=1S/C29H33ClFN5O2/c1-3-20-26(22-6-4-5-7-32-22)27(20)28(37)34-25-14-18-13-23(21(30)12-19(18)15-33-25)35-8-10-36(11-9-35)29(2)17-38-16-24(29)31/h4-7,12-15,20,24,26-27H,3,8-11,16-17H2,1-2H3,(H,33,34,37)/t20?,24-,26?,27?,29+/m0/s1. The van der Waals surface area contributed by atoms with Crippen molar-refractivity contribution in [2.75, 3.05) is 49.6 Å². The molecule has 1 amide bonds. The molecule has 0 spiro atoms. The van der Waals surface area contributed by atoms with E-state index in [9.17, 15) is 9.18 Å². The summed E-state index contributed by atoms with van der Waals surface area (Å²) in [6.45, 7) is 7.64. The molecule has 6 rings (SSSR count). The molecule has 3 aromatic rings. The van der Waals surface area contributed by atoms with Crippen LogP contribution in [0.2, 0.25) is 5.02 Å². The van der Waals surface area contributed by atoms with Crippen LogP contribution >= 0.6 is 11.6 Å². The fourth-order valence-corrected chi connectivity index (χ4v) is 6.57. The highest BCUT2D eigenvalue weighted by atomic mass is 35.5. The number of piperazine rings is 1. The molecule has 7 nitrogen and oxygen atoms in total. The van der Waals surface area contributed by atoms with Crippen molar-refractivity contribution in [2.24, 2.45) is 11.8 Å². The smallest absolute Gasteiger partial charge is 0.229 e. The zero-order valence-electron chi connectivity index (χ0n) is 21.7. The van der Waals surface area contributed by atoms with Gasteiger partial charge in [-0.15, -0.1) is 0 Å². The Morgan fingerprint density at radius 2 is 2.00 bits per heavy atom. The number of nitrogens with one attached hydrogen (secondary N) is 1. The zero-order chi connectivity index (χ0) is 26.4. The lowest BCUT2D eigenvalue weighted by molar-refractivity contribution is -0.117. The van der Waals surface area contributed by atoms with Gasteiger partial charge in [0, 0.05) is 55.6 Å². The molecule has 2 aliphatic heterocycles. The fraction of sp³-hybridized carbons (Fsp3) is 0.483. The molecule has 200 valence electrons. The maximum absolute atomic E-state index is 14.5. The first-order chi connectivity index (χ1) is 18.4. The lowest BCUT2D eigenvalue weighted by atomic mass is 9.96. The molecule has 1 N–H and O–H groups in total. The van der Waals surface area contributed by atoms with Crippen LogP contribution in [-0.2, 0) is 9.53 Å². The average molecular weight is 538 g/mol. The van der Waals surface area contributed by atoms with Crippen molar-refractivity contribution in [3.8, 4) is 0 Å². The number of aromatic nitrogens is 2. The number of hydrogen-bond donors (Lipinski definition) is 1. The number of amides is 1. The molecule has 2 saturated heterocycles. The first-order valence-electron chi connectivity index (χ1n) is 13.4. The third-order valence-corrected chi connectivity index (χ3v) is 8.99. The number of pyridine rings is 2. The van der Waals surface area contributed by atoms with Gasteiger partial charge in [-0.1, -0.05) is 31.0 Å². The van der Waals surface area contributed by atoms with Gasteiger partial charge in [0.1, 0.15) is 12.0 Å². The third kappa shape index (κ3) is 4.52. The van der Waals surface area contributed by atoms with Gasteiger partial charge in [0.15, 0.2) is 0 Å². The second kappa shape index (κ2) is 10.1. The Labute approximate surface area is 227 Å². The van der Waals surface area contributed by atoms with Crippen molar-refractivity contribution in [1.29, 1.82) is 0 Å². The molecule has 38 heavy (non-hydrogen) atoms. The van der Waals surface area contributed by atoms with Crippen LogP contribution in [0, 0.1) is 11.8 Å². The Kier molecular flexibility index (Phi) is 6.74. The molecule has 1 saturated carbocycles. The van der Waals surface area contributed by atoms with Crippen molar-refractivity contribution >= 4 is 39.8 Å². The van der Waals surface area contributed by atoms with Gasteiger partial charge in [-0.25, -0.2) is 9.37 Å². The number of nitrogens with zero attached hydrogens (tertiary/aromatic N) is 4. The monoisotopic (exact) mass is 537 g/mol. The summed E-state index contributed by atoms with van der Waals surface area (Å²) in [5, 5.41) is 5.57. The molecule has 4 heterocycles. The molecular weight excluding hydrogens is 505 g/mol. The minimum absolute atomic E-state index is 0.0137. The van der Waals surface area contributed by atoms with E-state index in [0.717, 1.165) is 54.8 Å². The molecule has 1 aliphatic carbocycles. The van der Waals surface area contributed by atoms with E-state index in [4.69, 9.17) is 16.3 Å². The second-order valence-electron chi connectivity index (χ2n) is 10.9. The molecule has 2 aromatic heterocycles. The van der Waals surface area contributed by atoms with Crippen molar-refractivity contribution in [1.82, 2.24) is 14.9 Å². The summed E-state index contributed by atoms with van der Waals surface area (Å²) < 4.78 is 19.9. The highest BCUT2D eigenvalue weighted by Crippen LogP contribution is 2.55. The van der Waals surface area contributed by atoms with E-state index in [1.807, 2.05) is 37.3 Å². The van der Waals surface area contributed by atoms with Crippen LogP contribution in [0.5, 0.6) is 0 Å². The zero-order valence-corrected chi connectivity index (χ0v) is 22.5. The molecule has 0 radical (unpaired) electrons. The lowest BCUT2D eigenvalue weighted by Crippen LogP contribution is -2.59. The minimum Gasteiger partial charge on any atom is -0.376 e. The summed E-state index contributed by atoms with van der Waals surface area (Å²) in [4.78, 5) is 26.6. The molecule has 3 unspecified atom stereocenters. The van der Waals surface area contributed by atoms with Crippen LogP contribution in [0.1, 0.15) is 31.9 Å². The Bertz CT molecular complexity index is 1340. The number of anilines is 2. The van der Waals surface area contributed by atoms with E-state index >= 15 is 0 Å². The normalized spacial score (nSPS) is 29.5. The Hall–Kier alpha value is -2.81. The first kappa shape index (κ1) is 25.5. The summed E-state index contributed by atoms with van der Waals surface area (Å²) in [5.74, 6) is 0.864. The number of carbonyl (C=O) groups is 1. The van der Waals surface area contributed by atoms with E-state index < -0.39 is 11.7 Å². The second-order valence-corrected chi connectivity index (χ2v) is 11.3. The number of hydrogen-bond acceptors (Lipinski definition) is 6. The summed E-state index contributed by atoms with van der Waals surface area (Å²) >= 11 is 6.69. The van der Waals surface area contributed by atoms with Crippen molar-refractivity contribution in [3.05, 3.63) is 59.5 Å². The van der Waals surface area contributed by atoms with Gasteiger partial charge in [-0.05, 0) is 48.6 Å². The Balaban J connectivity index is 1.16. The number of benzene rings is 1. The summed E-state index contributed by atoms with van der Waals surface area (Å²) in [7, 11) is 0. The molecule has 5 atom stereocenters. The molecule has 0 bridgehead atoms. The van der Waals surface area contributed by atoms with Crippen LogP contribution < -0.4 is 10.2 Å². The van der Waals surface area contributed by atoms with Gasteiger partial charge in [0.05, 0.1) is 35.4 Å². The van der Waals surface area contributed by atoms with E-state index in [2.05, 4.69) is 38.1 Å². The van der Waals surface area contributed by atoms with Crippen LogP contribution in [0.4, 0.5) is 15.9 Å². The van der Waals surface area contributed by atoms with Gasteiger partial charge in [0.25, 0.3) is 0 Å². The number of halogens is 2. The fourth-order valence-electron chi connectivity index (χ4n) is 6.28. The Morgan fingerprint density at radius 3 is 2.68 bits per heavy atom. The Morgan fingerprint density at radius 1 is 1.18 bits per heavy atom. The van der Waals surface area contributed by atoms with E-state index in [1.54, 1.807) is 12.4 Å². The number of alkyl halides is 1. The molecular formula is C29H33ClFN5O2. The van der Waals surface area contributed by atoms with Crippen molar-refractivity contribution < 1.29 is 13.9 Å². The van der Waals surface area contributed by atoms with Gasteiger partial charge < -0.3 is 15.0 Å². The van der Waals surface area contributed by atoms with Gasteiger partial charge >= 0.3 is 0 Å². The third-order valence-electron chi connectivity index (χ3n) is 8.69. The SMILES string of the molecule is CCC1C(C(=O)Nc2cc3cc(N4CCN([C@]5(C)COC[C@@H]5F)CC4)c(Cl)cc3cn2)C1c1ccccn1. The maximum Gasteiger partial charge on any atom is 0.229 e. The van der Waals surface area contributed by atoms with E-state index in [-0.39, 0.29) is 24.3 Å². The van der Waals surface area contributed by atoms with Crippen LogP contribution in [0.3, 0.4) is 0 Å². The maximum atomic E-state index is 14.5. The van der Waals surface area contributed by atoms with Crippen molar-refractivity contribution in [2.45, 2.75) is 37.9 Å². The summed E-state index contributed by atoms with van der Waals surface area (Å²) in [5.41, 5.74) is 1.35. The average Bonchev–Trinajstić information content (AvgIpc) is 3.58. The first-order valence-corrected chi connectivity index (χ1v) is 13.8. The summed E-state index contributed by atoms with van der Waals surface area (Å²) in [6.07, 6.45) is 3.49. The van der Waals surface area contributed by atoms with E-state index in [0.29, 0.717) is 23.4 Å². The van der Waals surface area contributed by atoms with Crippen molar-refractivity contribution in [3.63, 3.8) is 0 Å². The number of fused-ring (bicyclic) bond motifs is 1. The summed E-state index contributed by atoms with van der Waals surface area (Å²) in [6, 6.07) is 11.8. The molecule has 1 aromatic carbocycles.